The minimum Gasteiger partial charge on any atom is -0.497 e. The van der Waals surface area contributed by atoms with E-state index in [0.29, 0.717) is 44.5 Å². The summed E-state index contributed by atoms with van der Waals surface area (Å²) in [6.45, 7) is 0.629. The van der Waals surface area contributed by atoms with Crippen LogP contribution in [0.1, 0.15) is 51.4 Å². The van der Waals surface area contributed by atoms with Gasteiger partial charge in [0.1, 0.15) is 11.8 Å². The van der Waals surface area contributed by atoms with Crippen molar-refractivity contribution in [2.75, 3.05) is 26.7 Å². The van der Waals surface area contributed by atoms with E-state index < -0.39 is 28.1 Å². The zero-order valence-corrected chi connectivity index (χ0v) is 20.4. The minimum absolute atomic E-state index is 0.0200. The quantitative estimate of drug-likeness (QED) is 0.347. The van der Waals surface area contributed by atoms with E-state index in [1.807, 2.05) is 0 Å². The Morgan fingerprint density at radius 3 is 2.29 bits per heavy atom. The second-order valence-corrected chi connectivity index (χ2v) is 10.9. The first-order chi connectivity index (χ1) is 16.3. The average Bonchev–Trinajstić information content (AvgIpc) is 2.86. The van der Waals surface area contributed by atoms with Crippen molar-refractivity contribution < 1.29 is 33.1 Å². The van der Waals surface area contributed by atoms with E-state index in [-0.39, 0.29) is 29.7 Å². The molecule has 2 amide bonds. The van der Waals surface area contributed by atoms with Crippen molar-refractivity contribution in [2.24, 2.45) is 5.92 Å². The Morgan fingerprint density at radius 1 is 1.12 bits per heavy atom. The van der Waals surface area contributed by atoms with E-state index in [2.05, 4.69) is 0 Å². The molecular formula is C23H35N3O7S. The standard InChI is InChI=1S/C23H35N3O7S/c1-33-19-7-9-20(10-8-19)34(31,32)26(16-13-21(28)25-14-11-18(27)12-15-25)22(23(29)24-30)17-5-3-2-4-6-17/h7-10,17-18,22,27,30H,2-6,11-16H2,1H3,(H,24,29). The third-order valence-electron chi connectivity index (χ3n) is 6.81. The maximum Gasteiger partial charge on any atom is 0.262 e. The molecule has 0 spiro atoms. The average molecular weight is 498 g/mol. The number of nitrogens with one attached hydrogen (secondary N) is 1. The molecular weight excluding hydrogens is 462 g/mol. The highest BCUT2D eigenvalue weighted by Crippen LogP contribution is 2.32. The lowest BCUT2D eigenvalue weighted by Gasteiger charge is -2.37. The Hall–Kier alpha value is -2.21. The van der Waals surface area contributed by atoms with E-state index in [4.69, 9.17) is 4.74 Å². The van der Waals surface area contributed by atoms with Crippen LogP contribution in [0.3, 0.4) is 0 Å². The van der Waals surface area contributed by atoms with Crippen LogP contribution in [0, 0.1) is 5.92 Å². The SMILES string of the molecule is COc1ccc(S(=O)(=O)N(CCC(=O)N2CCC(O)CC2)C(C(=O)NO)C2CCCCC2)cc1. The maximum absolute atomic E-state index is 13.7. The molecule has 0 aromatic heterocycles. The molecule has 190 valence electrons. The monoisotopic (exact) mass is 497 g/mol. The van der Waals surface area contributed by atoms with Gasteiger partial charge in [-0.2, -0.15) is 4.31 Å². The van der Waals surface area contributed by atoms with Crippen LogP contribution in [0.25, 0.3) is 0 Å². The highest BCUT2D eigenvalue weighted by molar-refractivity contribution is 7.89. The van der Waals surface area contributed by atoms with E-state index >= 15 is 0 Å². The van der Waals surface area contributed by atoms with Gasteiger partial charge >= 0.3 is 0 Å². The first-order valence-corrected chi connectivity index (χ1v) is 13.3. The molecule has 1 heterocycles. The maximum atomic E-state index is 13.7. The van der Waals surface area contributed by atoms with Crippen LogP contribution in [0.2, 0.25) is 0 Å². The smallest absolute Gasteiger partial charge is 0.262 e. The largest absolute Gasteiger partial charge is 0.497 e. The van der Waals surface area contributed by atoms with Gasteiger partial charge in [-0.15, -0.1) is 0 Å². The van der Waals surface area contributed by atoms with Crippen LogP contribution in [-0.2, 0) is 19.6 Å². The number of ether oxygens (including phenoxy) is 1. The van der Waals surface area contributed by atoms with Crippen molar-refractivity contribution in [1.82, 2.24) is 14.7 Å². The number of likely N-dealkylation sites (tertiary alicyclic amines) is 1. The lowest BCUT2D eigenvalue weighted by atomic mass is 9.83. The highest BCUT2D eigenvalue weighted by Gasteiger charge is 2.41. The highest BCUT2D eigenvalue weighted by atomic mass is 32.2. The zero-order chi connectivity index (χ0) is 24.7. The third kappa shape index (κ3) is 6.26. The number of hydroxylamine groups is 1. The van der Waals surface area contributed by atoms with Crippen LogP contribution in [0.4, 0.5) is 0 Å². The van der Waals surface area contributed by atoms with Gasteiger partial charge in [-0.3, -0.25) is 14.8 Å². The summed E-state index contributed by atoms with van der Waals surface area (Å²) in [7, 11) is -2.69. The Labute approximate surface area is 200 Å². The number of methoxy groups -OCH3 is 1. The fourth-order valence-corrected chi connectivity index (χ4v) is 6.52. The summed E-state index contributed by atoms with van der Waals surface area (Å²) in [5, 5.41) is 19.2. The van der Waals surface area contributed by atoms with Crippen LogP contribution >= 0.6 is 0 Å². The van der Waals surface area contributed by atoms with Gasteiger partial charge in [0, 0.05) is 26.1 Å². The fourth-order valence-electron chi connectivity index (χ4n) is 4.87. The van der Waals surface area contributed by atoms with E-state index in [9.17, 15) is 28.3 Å². The van der Waals surface area contributed by atoms with Crippen LogP contribution in [0.5, 0.6) is 5.75 Å². The summed E-state index contributed by atoms with van der Waals surface area (Å²) in [4.78, 5) is 27.3. The lowest BCUT2D eigenvalue weighted by Crippen LogP contribution is -2.54. The van der Waals surface area contributed by atoms with E-state index in [1.54, 1.807) is 10.4 Å². The van der Waals surface area contributed by atoms with Gasteiger partial charge in [0.15, 0.2) is 0 Å². The van der Waals surface area contributed by atoms with Gasteiger partial charge in [0.05, 0.1) is 18.1 Å². The number of hydrogen-bond donors (Lipinski definition) is 3. The van der Waals surface area contributed by atoms with Gasteiger partial charge in [-0.05, 0) is 55.9 Å². The molecule has 34 heavy (non-hydrogen) atoms. The molecule has 2 aliphatic rings. The van der Waals surface area contributed by atoms with Gasteiger partial charge in [-0.25, -0.2) is 13.9 Å². The molecule has 1 aromatic carbocycles. The molecule has 3 rings (SSSR count). The Bertz CT molecular complexity index is 924. The molecule has 1 saturated heterocycles. The number of carbonyl (C=O) groups excluding carboxylic acids is 2. The second-order valence-electron chi connectivity index (χ2n) is 8.97. The molecule has 1 unspecified atom stereocenters. The predicted octanol–water partition coefficient (Wildman–Crippen LogP) is 1.51. The van der Waals surface area contributed by atoms with Crippen molar-refractivity contribution in [3.8, 4) is 5.75 Å². The number of carbonyl (C=O) groups is 2. The molecule has 10 nitrogen and oxygen atoms in total. The van der Waals surface area contributed by atoms with Crippen LogP contribution in [-0.4, -0.2) is 78.6 Å². The molecule has 1 aliphatic carbocycles. The Balaban J connectivity index is 1.90. The van der Waals surface area contributed by atoms with Crippen molar-refractivity contribution in [3.05, 3.63) is 24.3 Å². The second kappa shape index (κ2) is 12.0. The summed E-state index contributed by atoms with van der Waals surface area (Å²) in [5.41, 5.74) is 1.65. The van der Waals surface area contributed by atoms with Gasteiger partial charge < -0.3 is 14.7 Å². The summed E-state index contributed by atoms with van der Waals surface area (Å²) >= 11 is 0. The van der Waals surface area contributed by atoms with Gasteiger partial charge in [-0.1, -0.05) is 19.3 Å². The number of sulfonamides is 1. The summed E-state index contributed by atoms with van der Waals surface area (Å²) < 4.78 is 33.7. The van der Waals surface area contributed by atoms with Gasteiger partial charge in [0.25, 0.3) is 5.91 Å². The van der Waals surface area contributed by atoms with Gasteiger partial charge in [0.2, 0.25) is 15.9 Å². The van der Waals surface area contributed by atoms with E-state index in [1.165, 1.54) is 31.4 Å². The number of hydrogen-bond acceptors (Lipinski definition) is 7. The summed E-state index contributed by atoms with van der Waals surface area (Å²) in [6.07, 6.45) is 4.49. The van der Waals surface area contributed by atoms with Crippen molar-refractivity contribution in [2.45, 2.75) is 68.4 Å². The number of piperidine rings is 1. The topological polar surface area (TPSA) is 136 Å². The summed E-state index contributed by atoms with van der Waals surface area (Å²) in [6, 6.07) is 4.73. The predicted molar refractivity (Wildman–Crippen MR) is 124 cm³/mol. The number of nitrogens with zero attached hydrogens (tertiary/aromatic N) is 2. The summed E-state index contributed by atoms with van der Waals surface area (Å²) in [5.74, 6) is -0.801. The number of amides is 2. The molecule has 3 N–H and O–H groups in total. The van der Waals surface area contributed by atoms with Crippen LogP contribution in [0.15, 0.2) is 29.2 Å². The van der Waals surface area contributed by atoms with Crippen molar-refractivity contribution in [1.29, 1.82) is 0 Å². The Kier molecular flexibility index (Phi) is 9.29. The molecule has 1 saturated carbocycles. The number of benzene rings is 1. The normalized spacial score (nSPS) is 19.1. The third-order valence-corrected chi connectivity index (χ3v) is 8.71. The molecule has 2 fully saturated rings. The first kappa shape index (κ1) is 26.4. The molecule has 1 aliphatic heterocycles. The number of aliphatic hydroxyl groups is 1. The Morgan fingerprint density at radius 2 is 1.74 bits per heavy atom. The minimum atomic E-state index is -4.17. The van der Waals surface area contributed by atoms with Crippen molar-refractivity contribution in [3.63, 3.8) is 0 Å². The van der Waals surface area contributed by atoms with Crippen LogP contribution < -0.4 is 10.2 Å². The number of rotatable bonds is 9. The molecule has 1 atom stereocenters. The van der Waals surface area contributed by atoms with E-state index in [0.717, 1.165) is 23.6 Å². The molecule has 0 radical (unpaired) electrons. The van der Waals surface area contributed by atoms with Crippen molar-refractivity contribution >= 4 is 21.8 Å². The molecule has 0 bridgehead atoms. The fraction of sp³-hybridized carbons (Fsp3) is 0.652. The first-order valence-electron chi connectivity index (χ1n) is 11.8. The lowest BCUT2D eigenvalue weighted by molar-refractivity contribution is -0.137. The molecule has 1 aromatic rings. The molecule has 11 heteroatoms. The zero-order valence-electron chi connectivity index (χ0n) is 19.6. The number of aliphatic hydroxyl groups excluding tert-OH is 1.